The van der Waals surface area contributed by atoms with Crippen LogP contribution < -0.4 is 20.8 Å². The van der Waals surface area contributed by atoms with Gasteiger partial charge in [0.15, 0.2) is 5.75 Å². The smallest absolute Gasteiger partial charge is 0.341 e. The molecule has 2 aliphatic rings. The predicted molar refractivity (Wildman–Crippen MR) is 104 cm³/mol. The zero-order valence-corrected chi connectivity index (χ0v) is 15.6. The number of hydrogen-bond donors (Lipinski definition) is 2. The minimum atomic E-state index is -1.20. The summed E-state index contributed by atoms with van der Waals surface area (Å²) < 4.78 is 7.69. The number of benzene rings is 1. The fourth-order valence-electron chi connectivity index (χ4n) is 4.10. The zero-order valence-electron chi connectivity index (χ0n) is 15.6. The van der Waals surface area contributed by atoms with E-state index in [9.17, 15) is 14.7 Å². The van der Waals surface area contributed by atoms with Crippen molar-refractivity contribution in [3.05, 3.63) is 34.1 Å². The average Bonchev–Trinajstić information content (AvgIpc) is 3.48. The maximum Gasteiger partial charge on any atom is 0.341 e. The second kappa shape index (κ2) is 6.56. The molecule has 2 atom stereocenters. The largest absolute Gasteiger partial charge is 0.492 e. The van der Waals surface area contributed by atoms with Gasteiger partial charge in [-0.1, -0.05) is 0 Å². The number of pyridine rings is 1. The van der Waals surface area contributed by atoms with Crippen LogP contribution in [-0.4, -0.2) is 41.4 Å². The summed E-state index contributed by atoms with van der Waals surface area (Å²) in [6, 6.07) is 4.21. The first kappa shape index (κ1) is 17.9. The number of carboxylic acids is 1. The van der Waals surface area contributed by atoms with E-state index in [0.29, 0.717) is 22.7 Å². The Kier molecular flexibility index (Phi) is 4.34. The number of piperidine rings is 1. The summed E-state index contributed by atoms with van der Waals surface area (Å²) in [5.74, 6) is -0.579. The number of ether oxygens (including phenoxy) is 1. The first-order chi connectivity index (χ1) is 12.9. The molecule has 1 aliphatic carbocycles. The van der Waals surface area contributed by atoms with Crippen molar-refractivity contribution in [1.29, 1.82) is 0 Å². The lowest BCUT2D eigenvalue weighted by Crippen LogP contribution is -2.47. The highest BCUT2D eigenvalue weighted by Gasteiger charge is 2.31. The monoisotopic (exact) mass is 371 g/mol. The van der Waals surface area contributed by atoms with Crippen molar-refractivity contribution in [3.8, 4) is 5.75 Å². The predicted octanol–water partition coefficient (Wildman–Crippen LogP) is 2.36. The Balaban J connectivity index is 1.98. The highest BCUT2D eigenvalue weighted by molar-refractivity contribution is 5.97. The molecule has 7 nitrogen and oxygen atoms in total. The molecule has 0 bridgehead atoms. The molecule has 4 rings (SSSR count). The van der Waals surface area contributed by atoms with Crippen LogP contribution in [0.1, 0.15) is 49.0 Å². The van der Waals surface area contributed by atoms with Crippen LogP contribution in [0, 0.1) is 0 Å². The van der Waals surface area contributed by atoms with Crippen molar-refractivity contribution < 1.29 is 14.6 Å². The van der Waals surface area contributed by atoms with E-state index in [-0.39, 0.29) is 17.6 Å². The van der Waals surface area contributed by atoms with Crippen LogP contribution in [0.25, 0.3) is 10.9 Å². The molecule has 144 valence electrons. The number of carboxylic acid groups (broad SMARTS) is 1. The molecule has 1 aromatic heterocycles. The summed E-state index contributed by atoms with van der Waals surface area (Å²) in [5.41, 5.74) is 7.11. The van der Waals surface area contributed by atoms with Gasteiger partial charge in [0.05, 0.1) is 23.7 Å². The van der Waals surface area contributed by atoms with Gasteiger partial charge in [0.2, 0.25) is 5.43 Å². The Hall–Kier alpha value is -2.54. The lowest BCUT2D eigenvalue weighted by molar-refractivity contribution is 0.0695. The SMILES string of the molecule is COc1c(N2C[C@@H](N)CCC2C)ccc2c(=O)c(C(=O)O)cn(C3CC3)c12. The molecule has 27 heavy (non-hydrogen) atoms. The van der Waals surface area contributed by atoms with Crippen LogP contribution in [0.15, 0.2) is 23.1 Å². The van der Waals surface area contributed by atoms with Crippen molar-refractivity contribution in [3.63, 3.8) is 0 Å². The van der Waals surface area contributed by atoms with Gasteiger partial charge in [-0.2, -0.15) is 0 Å². The van der Waals surface area contributed by atoms with Crippen molar-refractivity contribution >= 4 is 22.6 Å². The van der Waals surface area contributed by atoms with Crippen molar-refractivity contribution in [2.45, 2.75) is 50.7 Å². The molecule has 2 heterocycles. The number of hydrogen-bond acceptors (Lipinski definition) is 5. The van der Waals surface area contributed by atoms with Crippen LogP contribution in [0.2, 0.25) is 0 Å². The third-order valence-corrected chi connectivity index (χ3v) is 5.73. The highest BCUT2D eigenvalue weighted by atomic mass is 16.5. The quantitative estimate of drug-likeness (QED) is 0.856. The molecule has 0 spiro atoms. The van der Waals surface area contributed by atoms with E-state index in [0.717, 1.165) is 37.9 Å². The molecule has 7 heteroatoms. The summed E-state index contributed by atoms with van der Waals surface area (Å²) in [4.78, 5) is 26.5. The van der Waals surface area contributed by atoms with E-state index < -0.39 is 11.4 Å². The van der Waals surface area contributed by atoms with Gasteiger partial charge in [-0.25, -0.2) is 4.79 Å². The number of nitrogens with two attached hydrogens (primary N) is 1. The topological polar surface area (TPSA) is 97.8 Å². The van der Waals surface area contributed by atoms with E-state index in [1.165, 1.54) is 6.20 Å². The number of anilines is 1. The minimum absolute atomic E-state index is 0.0987. The normalized spacial score (nSPS) is 22.9. The number of carbonyl (C=O) groups is 1. The van der Waals surface area contributed by atoms with E-state index in [2.05, 4.69) is 11.8 Å². The molecule has 2 fully saturated rings. The van der Waals surface area contributed by atoms with E-state index in [1.54, 1.807) is 13.2 Å². The van der Waals surface area contributed by atoms with Crippen molar-refractivity contribution in [2.75, 3.05) is 18.6 Å². The van der Waals surface area contributed by atoms with Gasteiger partial charge in [0, 0.05) is 30.9 Å². The van der Waals surface area contributed by atoms with E-state index in [4.69, 9.17) is 10.5 Å². The van der Waals surface area contributed by atoms with Gasteiger partial charge in [-0.3, -0.25) is 4.79 Å². The third-order valence-electron chi connectivity index (χ3n) is 5.73. The average molecular weight is 371 g/mol. The van der Waals surface area contributed by atoms with Crippen LogP contribution in [-0.2, 0) is 0 Å². The summed E-state index contributed by atoms with van der Waals surface area (Å²) in [6.07, 6.45) is 5.39. The standard InChI is InChI=1S/C20H25N3O4/c1-11-3-4-12(21)9-22(11)16-8-7-14-17(19(16)27-2)23(13-5-6-13)10-15(18(14)24)20(25)26/h7-8,10-13H,3-6,9,21H2,1-2H3,(H,25,26)/t11?,12-/m0/s1. The number of methoxy groups -OCH3 is 1. The molecule has 1 aliphatic heterocycles. The van der Waals surface area contributed by atoms with E-state index >= 15 is 0 Å². The first-order valence-corrected chi connectivity index (χ1v) is 9.43. The lowest BCUT2D eigenvalue weighted by atomic mass is 9.98. The number of aromatic carboxylic acids is 1. The number of aromatic nitrogens is 1. The summed E-state index contributed by atoms with van der Waals surface area (Å²) >= 11 is 0. The van der Waals surface area contributed by atoms with Crippen molar-refractivity contribution in [1.82, 2.24) is 4.57 Å². The second-order valence-corrected chi connectivity index (χ2v) is 7.67. The second-order valence-electron chi connectivity index (χ2n) is 7.67. The van der Waals surface area contributed by atoms with Gasteiger partial charge in [0.25, 0.3) is 0 Å². The Morgan fingerprint density at radius 1 is 1.26 bits per heavy atom. The molecule has 1 unspecified atom stereocenters. The minimum Gasteiger partial charge on any atom is -0.492 e. The third kappa shape index (κ3) is 2.96. The van der Waals surface area contributed by atoms with Crippen LogP contribution >= 0.6 is 0 Å². The Labute approximate surface area is 157 Å². The lowest BCUT2D eigenvalue weighted by Gasteiger charge is -2.39. The summed E-state index contributed by atoms with van der Waals surface area (Å²) in [7, 11) is 1.60. The zero-order chi connectivity index (χ0) is 19.3. The maximum absolute atomic E-state index is 12.8. The first-order valence-electron chi connectivity index (χ1n) is 9.43. The molecule has 1 aromatic carbocycles. The maximum atomic E-state index is 12.8. The Morgan fingerprint density at radius 3 is 2.63 bits per heavy atom. The molecule has 3 N–H and O–H groups in total. The van der Waals surface area contributed by atoms with Gasteiger partial charge in [-0.15, -0.1) is 0 Å². The van der Waals surface area contributed by atoms with Crippen molar-refractivity contribution in [2.24, 2.45) is 5.73 Å². The van der Waals surface area contributed by atoms with Gasteiger partial charge >= 0.3 is 5.97 Å². The fourth-order valence-corrected chi connectivity index (χ4v) is 4.10. The van der Waals surface area contributed by atoms with Crippen LogP contribution in [0.3, 0.4) is 0 Å². The molecular formula is C20H25N3O4. The summed E-state index contributed by atoms with van der Waals surface area (Å²) in [6.45, 7) is 2.89. The molecule has 2 aromatic rings. The number of rotatable bonds is 4. The van der Waals surface area contributed by atoms with Crippen LogP contribution in [0.4, 0.5) is 5.69 Å². The molecule has 0 amide bonds. The molecule has 1 saturated heterocycles. The summed E-state index contributed by atoms with van der Waals surface area (Å²) in [5, 5.41) is 9.82. The Morgan fingerprint density at radius 2 is 2.00 bits per heavy atom. The van der Waals surface area contributed by atoms with Gasteiger partial charge in [0.1, 0.15) is 5.56 Å². The number of fused-ring (bicyclic) bond motifs is 1. The molecule has 0 radical (unpaired) electrons. The number of nitrogens with zero attached hydrogens (tertiary/aromatic N) is 2. The van der Waals surface area contributed by atoms with Gasteiger partial charge < -0.3 is 25.0 Å². The molecular weight excluding hydrogens is 346 g/mol. The van der Waals surface area contributed by atoms with Gasteiger partial charge in [-0.05, 0) is 44.7 Å². The van der Waals surface area contributed by atoms with Crippen LogP contribution in [0.5, 0.6) is 5.75 Å². The van der Waals surface area contributed by atoms with E-state index in [1.807, 2.05) is 10.6 Å². The highest BCUT2D eigenvalue weighted by Crippen LogP contribution is 2.43. The Bertz CT molecular complexity index is 964. The molecule has 1 saturated carbocycles. The fraction of sp³-hybridized carbons (Fsp3) is 0.500.